The summed E-state index contributed by atoms with van der Waals surface area (Å²) >= 11 is 0. The smallest absolute Gasteiger partial charge is 0.337 e. The van der Waals surface area contributed by atoms with E-state index in [9.17, 15) is 4.79 Å². The van der Waals surface area contributed by atoms with Gasteiger partial charge in [0.05, 0.1) is 35.6 Å². The second-order valence-corrected chi connectivity index (χ2v) is 4.86. The average Bonchev–Trinajstić information content (AvgIpc) is 3.17. The summed E-state index contributed by atoms with van der Waals surface area (Å²) in [6.07, 6.45) is 1.70. The Morgan fingerprint density at radius 2 is 1.86 bits per heavy atom. The lowest BCUT2D eigenvalue weighted by Crippen LogP contribution is -2.06. The summed E-state index contributed by atoms with van der Waals surface area (Å²) in [6.45, 7) is 0. The number of amidine groups is 1. The zero-order valence-corrected chi connectivity index (χ0v) is 11.6. The highest BCUT2D eigenvalue weighted by Gasteiger charge is 2.14. The van der Waals surface area contributed by atoms with Crippen molar-refractivity contribution in [3.8, 4) is 0 Å². The molecule has 0 saturated carbocycles. The number of aliphatic imine (C=N–C) groups is 1. The minimum Gasteiger partial charge on any atom is -0.465 e. The number of benzene rings is 2. The van der Waals surface area contributed by atoms with Gasteiger partial charge in [0.1, 0.15) is 0 Å². The van der Waals surface area contributed by atoms with Crippen molar-refractivity contribution in [3.05, 3.63) is 58.1 Å². The van der Waals surface area contributed by atoms with E-state index in [0.29, 0.717) is 11.4 Å². The van der Waals surface area contributed by atoms with Gasteiger partial charge in [-0.3, -0.25) is 0 Å². The third-order valence-electron chi connectivity index (χ3n) is 3.50. The molecule has 0 fully saturated rings. The molecule has 2 heterocycles. The molecule has 6 heteroatoms. The van der Waals surface area contributed by atoms with Crippen LogP contribution in [0.5, 0.6) is 0 Å². The molecule has 0 atom stereocenters. The maximum Gasteiger partial charge on any atom is 0.337 e. The Bertz CT molecular complexity index is 972. The van der Waals surface area contributed by atoms with Crippen LogP contribution in [0.15, 0.2) is 56.6 Å². The highest BCUT2D eigenvalue weighted by atomic mass is 16.5. The summed E-state index contributed by atoms with van der Waals surface area (Å²) < 4.78 is 4.68. The molecule has 0 aromatic heterocycles. The highest BCUT2D eigenvalue weighted by molar-refractivity contribution is 6.03. The predicted molar refractivity (Wildman–Crippen MR) is 80.2 cm³/mol. The van der Waals surface area contributed by atoms with Gasteiger partial charge in [-0.15, -0.1) is 0 Å². The van der Waals surface area contributed by atoms with Gasteiger partial charge < -0.3 is 4.74 Å². The third kappa shape index (κ3) is 1.93. The molecule has 0 radical (unpaired) electrons. The molecule has 4 rings (SSSR count). The summed E-state index contributed by atoms with van der Waals surface area (Å²) in [4.78, 5) is 20.5. The van der Waals surface area contributed by atoms with E-state index >= 15 is 0 Å². The van der Waals surface area contributed by atoms with E-state index in [1.54, 1.807) is 30.5 Å². The van der Waals surface area contributed by atoms with E-state index in [2.05, 4.69) is 25.0 Å². The van der Waals surface area contributed by atoms with Crippen LogP contribution in [0.25, 0.3) is 6.20 Å². The lowest BCUT2D eigenvalue weighted by atomic mass is 10.1. The Hall–Kier alpha value is -3.15. The fourth-order valence-corrected chi connectivity index (χ4v) is 2.36. The Morgan fingerprint density at radius 1 is 1.05 bits per heavy atom. The molecule has 22 heavy (non-hydrogen) atoms. The first-order chi connectivity index (χ1) is 10.7. The number of carbonyl (C=O) groups is 1. The topological polar surface area (TPSA) is 75.7 Å². The Morgan fingerprint density at radius 3 is 2.64 bits per heavy atom. The first kappa shape index (κ1) is 12.6. The van der Waals surface area contributed by atoms with Crippen LogP contribution < -0.4 is 10.6 Å². The molecule has 2 aliphatic rings. The van der Waals surface area contributed by atoms with Crippen molar-refractivity contribution in [1.82, 2.24) is 0 Å². The monoisotopic (exact) mass is 290 g/mol. The van der Waals surface area contributed by atoms with Crippen LogP contribution in [-0.4, -0.2) is 18.9 Å². The molecule has 0 aliphatic carbocycles. The van der Waals surface area contributed by atoms with Crippen molar-refractivity contribution < 1.29 is 9.53 Å². The molecule has 2 aromatic rings. The van der Waals surface area contributed by atoms with E-state index in [4.69, 9.17) is 0 Å². The van der Waals surface area contributed by atoms with Gasteiger partial charge in [-0.05, 0) is 24.3 Å². The van der Waals surface area contributed by atoms with Gasteiger partial charge in [-0.1, -0.05) is 12.1 Å². The summed E-state index contributed by atoms with van der Waals surface area (Å²) in [5.74, 6) is 0.254. The van der Waals surface area contributed by atoms with Crippen molar-refractivity contribution >= 4 is 29.4 Å². The zero-order chi connectivity index (χ0) is 15.1. The number of nitrogens with zero attached hydrogens (tertiary/aromatic N) is 4. The average molecular weight is 290 g/mol. The molecule has 0 saturated heterocycles. The molecule has 0 N–H and O–H groups in total. The number of hydrogen-bond acceptors (Lipinski definition) is 6. The van der Waals surface area contributed by atoms with Crippen molar-refractivity contribution in [3.63, 3.8) is 0 Å². The quantitative estimate of drug-likeness (QED) is 0.793. The predicted octanol–water partition coefficient (Wildman–Crippen LogP) is 2.02. The van der Waals surface area contributed by atoms with Crippen LogP contribution in [0.4, 0.5) is 11.4 Å². The number of fused-ring (bicyclic) bond motifs is 2. The first-order valence-electron chi connectivity index (χ1n) is 6.66. The molecule has 2 aromatic carbocycles. The fraction of sp³-hybridized carbons (Fsp3) is 0.0625. The van der Waals surface area contributed by atoms with Crippen LogP contribution in [-0.2, 0) is 4.74 Å². The van der Waals surface area contributed by atoms with E-state index in [-0.39, 0.29) is 5.97 Å². The van der Waals surface area contributed by atoms with Gasteiger partial charge in [-0.25, -0.2) is 14.8 Å². The number of hydrogen-bond donors (Lipinski definition) is 0. The normalized spacial score (nSPS) is 13.8. The van der Waals surface area contributed by atoms with Crippen LogP contribution in [0, 0.1) is 0 Å². The number of carbonyl (C=O) groups excluding carboxylic acids is 1. The largest absolute Gasteiger partial charge is 0.465 e. The van der Waals surface area contributed by atoms with E-state index in [0.717, 1.165) is 27.5 Å². The van der Waals surface area contributed by atoms with Crippen molar-refractivity contribution in [1.29, 1.82) is 0 Å². The summed E-state index contributed by atoms with van der Waals surface area (Å²) in [5, 5.41) is 9.61. The summed E-state index contributed by atoms with van der Waals surface area (Å²) in [7, 11) is 1.36. The minimum absolute atomic E-state index is 0.363. The van der Waals surface area contributed by atoms with Crippen molar-refractivity contribution in [2.75, 3.05) is 7.11 Å². The molecule has 6 nitrogen and oxygen atoms in total. The Balaban J connectivity index is 1.72. The van der Waals surface area contributed by atoms with Crippen molar-refractivity contribution in [2.24, 2.45) is 20.2 Å². The Kier molecular flexibility index (Phi) is 2.69. The number of rotatable bonds is 2. The maximum absolute atomic E-state index is 11.4. The second-order valence-electron chi connectivity index (χ2n) is 4.86. The van der Waals surface area contributed by atoms with Crippen LogP contribution in [0.2, 0.25) is 0 Å². The summed E-state index contributed by atoms with van der Waals surface area (Å²) in [5.41, 5.74) is 2.94. The lowest BCUT2D eigenvalue weighted by molar-refractivity contribution is 0.0600. The number of methoxy groups -OCH3 is 1. The standard InChI is InChI=1S/C16H10N4O2/c1-22-16(21)10-4-2-9(3-5-10)15-18-13-6-11-8-17-20-12(11)7-14(13)19-15/h2-8H,1H3. The molecule has 0 spiro atoms. The summed E-state index contributed by atoms with van der Waals surface area (Å²) in [6, 6.07) is 10.8. The van der Waals surface area contributed by atoms with Gasteiger partial charge in [0.2, 0.25) is 0 Å². The van der Waals surface area contributed by atoms with E-state index in [1.165, 1.54) is 7.11 Å². The van der Waals surface area contributed by atoms with Gasteiger partial charge in [0.15, 0.2) is 5.84 Å². The SMILES string of the molecule is COC(=O)c1ccc(C2=Nc3cc4c(cc3=N2)N=NC=4)cc1. The van der Waals surface area contributed by atoms with Crippen LogP contribution in [0.3, 0.4) is 0 Å². The molecular weight excluding hydrogens is 280 g/mol. The fourth-order valence-electron chi connectivity index (χ4n) is 2.36. The van der Waals surface area contributed by atoms with Gasteiger partial charge in [0.25, 0.3) is 0 Å². The van der Waals surface area contributed by atoms with E-state index < -0.39 is 0 Å². The zero-order valence-electron chi connectivity index (χ0n) is 11.6. The molecular formula is C16H10N4O2. The molecule has 0 amide bonds. The Labute approximate surface area is 125 Å². The molecule has 106 valence electrons. The molecule has 0 unspecified atom stereocenters. The van der Waals surface area contributed by atoms with Crippen LogP contribution >= 0.6 is 0 Å². The van der Waals surface area contributed by atoms with Gasteiger partial charge >= 0.3 is 5.97 Å². The van der Waals surface area contributed by atoms with Gasteiger partial charge in [-0.2, -0.15) is 10.2 Å². The highest BCUT2D eigenvalue weighted by Crippen LogP contribution is 2.18. The van der Waals surface area contributed by atoms with Crippen LogP contribution in [0.1, 0.15) is 15.9 Å². The number of azo groups is 1. The lowest BCUT2D eigenvalue weighted by Gasteiger charge is -2.00. The molecule has 0 bridgehead atoms. The number of esters is 1. The maximum atomic E-state index is 11.4. The first-order valence-corrected chi connectivity index (χ1v) is 6.66. The molecule has 2 aliphatic heterocycles. The minimum atomic E-state index is -0.363. The third-order valence-corrected chi connectivity index (χ3v) is 3.50. The second kappa shape index (κ2) is 4.70. The number of ether oxygens (including phenoxy) is 1. The van der Waals surface area contributed by atoms with E-state index in [1.807, 2.05) is 12.1 Å². The van der Waals surface area contributed by atoms with Gasteiger partial charge in [0, 0.05) is 10.8 Å². The van der Waals surface area contributed by atoms with Crippen molar-refractivity contribution in [2.45, 2.75) is 0 Å².